The number of benzene rings is 2. The molecule has 2 aromatic rings. The van der Waals surface area contributed by atoms with E-state index in [1.165, 1.54) is 22.5 Å². The molecular formula is C27H32FN2+. The van der Waals surface area contributed by atoms with Crippen molar-refractivity contribution in [2.45, 2.75) is 51.9 Å². The summed E-state index contributed by atoms with van der Waals surface area (Å²) in [6, 6.07) is 16.8. The Hall–Kier alpha value is -2.68. The maximum Gasteiger partial charge on any atom is 0.290 e. The lowest BCUT2D eigenvalue weighted by atomic mass is 9.81. The molecule has 0 N–H and O–H groups in total. The van der Waals surface area contributed by atoms with Gasteiger partial charge in [0.25, 0.3) is 6.80 Å². The zero-order chi connectivity index (χ0) is 21.5. The molecule has 2 aliphatic rings. The largest absolute Gasteiger partial charge is 0.344 e. The minimum Gasteiger partial charge on any atom is -0.344 e. The maximum absolute atomic E-state index is 14.0. The second kappa shape index (κ2) is 7.54. The molecule has 0 aromatic heterocycles. The quantitative estimate of drug-likeness (QED) is 0.401. The van der Waals surface area contributed by atoms with Crippen LogP contribution in [0, 0.1) is 0 Å². The van der Waals surface area contributed by atoms with Crippen LogP contribution in [-0.2, 0) is 10.8 Å². The Morgan fingerprint density at radius 3 is 2.30 bits per heavy atom. The molecule has 2 heterocycles. The third kappa shape index (κ3) is 3.03. The summed E-state index contributed by atoms with van der Waals surface area (Å²) in [4.78, 5) is 2.44. The zero-order valence-electron chi connectivity index (χ0n) is 18.7. The summed E-state index contributed by atoms with van der Waals surface area (Å²) < 4.78 is 15.8. The number of hydrogen-bond acceptors (Lipinski definition) is 1. The number of anilines is 1. The topological polar surface area (TPSA) is 6.25 Å². The Kier molecular flexibility index (Phi) is 5.17. The number of fused-ring (bicyclic) bond motifs is 2. The lowest BCUT2D eigenvalue weighted by molar-refractivity contribution is -0.465. The second-order valence-electron chi connectivity index (χ2n) is 9.28. The monoisotopic (exact) mass is 403 g/mol. The number of allylic oxidation sites excluding steroid dienone is 4. The molecule has 0 saturated heterocycles. The van der Waals surface area contributed by atoms with Crippen LogP contribution >= 0.6 is 0 Å². The first kappa shape index (κ1) is 20.6. The summed E-state index contributed by atoms with van der Waals surface area (Å²) in [5, 5.41) is 0. The van der Waals surface area contributed by atoms with E-state index in [4.69, 9.17) is 0 Å². The van der Waals surface area contributed by atoms with Gasteiger partial charge in [0.1, 0.15) is 0 Å². The standard InChI is InChI=1S/C27H32FN2/c1-6-18-29-22-14-9-7-12-20(22)26(2,3)24(29)16-11-17-25-27(4,5)21-13-8-10-15-23(21)30(25)19-28/h7-17H,6,18-19H2,1-5H3/q+1. The van der Waals surface area contributed by atoms with Crippen molar-refractivity contribution in [3.63, 3.8) is 0 Å². The Balaban J connectivity index is 1.74. The van der Waals surface area contributed by atoms with E-state index in [1.54, 1.807) is 4.58 Å². The molecule has 0 atom stereocenters. The van der Waals surface area contributed by atoms with Crippen molar-refractivity contribution < 1.29 is 8.97 Å². The summed E-state index contributed by atoms with van der Waals surface area (Å²) >= 11 is 0. The molecule has 2 aliphatic heterocycles. The Morgan fingerprint density at radius 2 is 1.60 bits per heavy atom. The van der Waals surface area contributed by atoms with Crippen molar-refractivity contribution in [3.8, 4) is 0 Å². The average molecular weight is 404 g/mol. The number of alkyl halides is 1. The molecule has 30 heavy (non-hydrogen) atoms. The third-order valence-corrected chi connectivity index (χ3v) is 6.67. The average Bonchev–Trinajstić information content (AvgIpc) is 3.08. The number of nitrogens with zero attached hydrogens (tertiary/aromatic N) is 2. The molecule has 0 aliphatic carbocycles. The van der Waals surface area contributed by atoms with Gasteiger partial charge in [-0.3, -0.25) is 0 Å². The molecule has 0 spiro atoms. The van der Waals surface area contributed by atoms with Gasteiger partial charge in [-0.05, 0) is 38.0 Å². The van der Waals surface area contributed by atoms with Gasteiger partial charge in [0, 0.05) is 41.1 Å². The lowest BCUT2D eigenvalue weighted by Gasteiger charge is -2.26. The maximum atomic E-state index is 14.0. The molecule has 0 fully saturated rings. The van der Waals surface area contributed by atoms with Crippen molar-refractivity contribution in [1.29, 1.82) is 0 Å². The number of rotatable bonds is 5. The fraction of sp³-hybridized carbons (Fsp3) is 0.370. The highest BCUT2D eigenvalue weighted by molar-refractivity contribution is 6.03. The van der Waals surface area contributed by atoms with Gasteiger partial charge in [0.15, 0.2) is 5.71 Å². The smallest absolute Gasteiger partial charge is 0.290 e. The molecule has 156 valence electrons. The predicted molar refractivity (Wildman–Crippen MR) is 125 cm³/mol. The van der Waals surface area contributed by atoms with Crippen LogP contribution in [-0.4, -0.2) is 23.6 Å². The molecule has 0 saturated carbocycles. The summed E-state index contributed by atoms with van der Waals surface area (Å²) in [5.74, 6) is 0. The van der Waals surface area contributed by atoms with Crippen LogP contribution in [0.15, 0.2) is 72.5 Å². The lowest BCUT2D eigenvalue weighted by Crippen LogP contribution is -2.28. The van der Waals surface area contributed by atoms with E-state index < -0.39 is 6.80 Å². The van der Waals surface area contributed by atoms with Gasteiger partial charge in [-0.2, -0.15) is 8.97 Å². The van der Waals surface area contributed by atoms with Gasteiger partial charge < -0.3 is 4.90 Å². The van der Waals surface area contributed by atoms with E-state index in [2.05, 4.69) is 88.1 Å². The number of hydrogen-bond donors (Lipinski definition) is 0. The summed E-state index contributed by atoms with van der Waals surface area (Å²) in [6.45, 7) is 11.6. The predicted octanol–water partition coefficient (Wildman–Crippen LogP) is 6.64. The Bertz CT molecular complexity index is 1060. The highest BCUT2D eigenvalue weighted by atomic mass is 19.1. The van der Waals surface area contributed by atoms with Crippen LogP contribution in [0.4, 0.5) is 15.8 Å². The zero-order valence-corrected chi connectivity index (χ0v) is 18.7. The molecule has 0 unspecified atom stereocenters. The summed E-state index contributed by atoms with van der Waals surface area (Å²) in [7, 11) is 0. The van der Waals surface area contributed by atoms with Gasteiger partial charge in [0.2, 0.25) is 5.69 Å². The normalized spacial score (nSPS) is 20.3. The summed E-state index contributed by atoms with van der Waals surface area (Å²) in [5.41, 5.74) is 6.82. The Labute approximate surface area is 180 Å². The number of halogens is 1. The molecule has 2 nitrogen and oxygen atoms in total. The van der Waals surface area contributed by atoms with Crippen LogP contribution in [0.3, 0.4) is 0 Å². The van der Waals surface area contributed by atoms with E-state index >= 15 is 0 Å². The summed E-state index contributed by atoms with van der Waals surface area (Å²) in [6.07, 6.45) is 7.51. The molecule has 3 heteroatoms. The highest BCUT2D eigenvalue weighted by Crippen LogP contribution is 2.47. The first-order chi connectivity index (χ1) is 14.3. The SMILES string of the molecule is CCCN1C(=CC=CC2=[N+](CF)c3ccccc3C2(C)C)C(C)(C)c2ccccc21. The fourth-order valence-electron chi connectivity index (χ4n) is 5.11. The Morgan fingerprint density at radius 1 is 0.933 bits per heavy atom. The highest BCUT2D eigenvalue weighted by Gasteiger charge is 2.44. The van der Waals surface area contributed by atoms with Crippen molar-refractivity contribution in [3.05, 3.63) is 83.6 Å². The van der Waals surface area contributed by atoms with E-state index in [0.29, 0.717) is 0 Å². The van der Waals surface area contributed by atoms with Crippen LogP contribution in [0.5, 0.6) is 0 Å². The first-order valence-corrected chi connectivity index (χ1v) is 10.9. The molecular weight excluding hydrogens is 371 g/mol. The van der Waals surface area contributed by atoms with Gasteiger partial charge in [0.05, 0.1) is 5.41 Å². The fourth-order valence-corrected chi connectivity index (χ4v) is 5.11. The van der Waals surface area contributed by atoms with E-state index in [1.807, 2.05) is 18.2 Å². The minimum atomic E-state index is -0.518. The van der Waals surface area contributed by atoms with Crippen molar-refractivity contribution in [1.82, 2.24) is 0 Å². The van der Waals surface area contributed by atoms with E-state index in [0.717, 1.165) is 24.4 Å². The van der Waals surface area contributed by atoms with E-state index in [-0.39, 0.29) is 10.8 Å². The molecule has 2 aromatic carbocycles. The van der Waals surface area contributed by atoms with Gasteiger partial charge in [-0.15, -0.1) is 0 Å². The van der Waals surface area contributed by atoms with Crippen LogP contribution in [0.1, 0.15) is 52.2 Å². The van der Waals surface area contributed by atoms with Crippen molar-refractivity contribution in [2.75, 3.05) is 18.2 Å². The van der Waals surface area contributed by atoms with E-state index in [9.17, 15) is 4.39 Å². The van der Waals surface area contributed by atoms with Crippen LogP contribution in [0.25, 0.3) is 0 Å². The second-order valence-corrected chi connectivity index (χ2v) is 9.28. The number of para-hydroxylation sites is 2. The van der Waals surface area contributed by atoms with Crippen molar-refractivity contribution in [2.24, 2.45) is 0 Å². The third-order valence-electron chi connectivity index (χ3n) is 6.67. The molecule has 0 amide bonds. The van der Waals surface area contributed by atoms with Crippen LogP contribution in [0.2, 0.25) is 0 Å². The molecule has 0 bridgehead atoms. The molecule has 4 rings (SSSR count). The van der Waals surface area contributed by atoms with Crippen LogP contribution < -0.4 is 4.90 Å². The van der Waals surface area contributed by atoms with Crippen molar-refractivity contribution >= 4 is 17.1 Å². The van der Waals surface area contributed by atoms with Gasteiger partial charge >= 0.3 is 0 Å². The first-order valence-electron chi connectivity index (χ1n) is 10.9. The van der Waals surface area contributed by atoms with Gasteiger partial charge in [-0.1, -0.05) is 63.2 Å². The minimum absolute atomic E-state index is 0.0608. The van der Waals surface area contributed by atoms with Gasteiger partial charge in [-0.25, -0.2) is 0 Å². The molecule has 0 radical (unpaired) electrons.